The van der Waals surface area contributed by atoms with Crippen molar-refractivity contribution < 1.29 is 21.6 Å². The van der Waals surface area contributed by atoms with E-state index in [0.717, 1.165) is 6.04 Å². The van der Waals surface area contributed by atoms with Crippen LogP contribution in [0, 0.1) is 0 Å². The molecule has 23 heavy (non-hydrogen) atoms. The Bertz CT molecular complexity index is 382. The summed E-state index contributed by atoms with van der Waals surface area (Å²) in [5, 5.41) is 9.97. The van der Waals surface area contributed by atoms with Crippen LogP contribution in [0.2, 0.25) is 71.5 Å². The van der Waals surface area contributed by atoms with Gasteiger partial charge in [-0.2, -0.15) is 0 Å². The van der Waals surface area contributed by atoms with Gasteiger partial charge in [0.2, 0.25) is 0 Å². The summed E-state index contributed by atoms with van der Waals surface area (Å²) in [7, 11) is -10.9. The molecule has 0 saturated heterocycles. The van der Waals surface area contributed by atoms with Gasteiger partial charge in [-0.3, -0.25) is 0 Å². The highest BCUT2D eigenvalue weighted by Gasteiger charge is 2.48. The number of hydrogen-bond donors (Lipinski definition) is 1. The quantitative estimate of drug-likeness (QED) is 0.545. The molecule has 2 atom stereocenters. The van der Waals surface area contributed by atoms with E-state index < -0.39 is 42.3 Å². The number of hydrogen-bond acceptors (Lipinski definition) is 5. The molecule has 5 nitrogen and oxygen atoms in total. The van der Waals surface area contributed by atoms with Gasteiger partial charge in [0.15, 0.2) is 16.6 Å². The predicted octanol–water partition coefficient (Wildman–Crippen LogP) is 4.12. The van der Waals surface area contributed by atoms with Gasteiger partial charge in [-0.25, -0.2) is 0 Å². The highest BCUT2D eigenvalue weighted by Crippen LogP contribution is 2.27. The second-order valence-electron chi connectivity index (χ2n) is 8.81. The second kappa shape index (κ2) is 8.06. The monoisotopic (exact) mass is 414 g/mol. The Morgan fingerprint density at radius 1 is 0.609 bits per heavy atom. The summed E-state index contributed by atoms with van der Waals surface area (Å²) in [6.45, 7) is 23.2. The minimum atomic E-state index is -2.74. The molecule has 0 aromatic carbocycles. The Hall–Kier alpha value is 0.884. The van der Waals surface area contributed by atoms with Crippen molar-refractivity contribution >= 4 is 42.3 Å². The van der Waals surface area contributed by atoms with Crippen molar-refractivity contribution in [3.8, 4) is 0 Å². The normalized spacial score (nSPS) is 19.3. The highest BCUT2D eigenvalue weighted by molar-refractivity contribution is 6.90. The lowest BCUT2D eigenvalue weighted by atomic mass is 11.0. The van der Waals surface area contributed by atoms with Crippen molar-refractivity contribution in [3.05, 3.63) is 0 Å². The van der Waals surface area contributed by atoms with E-state index in [9.17, 15) is 5.11 Å². The Morgan fingerprint density at radius 2 is 1.04 bits per heavy atom. The van der Waals surface area contributed by atoms with Crippen LogP contribution in [-0.2, 0) is 16.5 Å². The van der Waals surface area contributed by atoms with Crippen molar-refractivity contribution in [1.29, 1.82) is 0 Å². The van der Waals surface area contributed by atoms with Crippen LogP contribution in [-0.4, -0.2) is 53.7 Å². The maximum Gasteiger partial charge on any atom is 0.343 e. The van der Waals surface area contributed by atoms with Gasteiger partial charge in [0.05, 0.1) is 6.23 Å². The van der Waals surface area contributed by atoms with Crippen LogP contribution in [0.15, 0.2) is 0 Å². The maximum absolute atomic E-state index is 9.97. The van der Waals surface area contributed by atoms with Crippen LogP contribution in [0.4, 0.5) is 0 Å². The number of aliphatic hydroxyl groups is 1. The van der Waals surface area contributed by atoms with Gasteiger partial charge in [-0.05, 0) is 71.5 Å². The van der Waals surface area contributed by atoms with Crippen LogP contribution >= 0.6 is 0 Å². The third kappa shape index (κ3) is 10.5. The first-order valence-corrected chi connectivity index (χ1v) is 23.0. The summed E-state index contributed by atoms with van der Waals surface area (Å²) in [6, 6.07) is 0.847. The van der Waals surface area contributed by atoms with Crippen molar-refractivity contribution in [2.24, 2.45) is 0 Å². The zero-order valence-electron chi connectivity index (χ0n) is 17.0. The molecule has 140 valence electrons. The summed E-state index contributed by atoms with van der Waals surface area (Å²) < 4.78 is 25.4. The second-order valence-corrected chi connectivity index (χ2v) is 28.9. The van der Waals surface area contributed by atoms with Gasteiger partial charge in [-0.1, -0.05) is 6.92 Å². The Kier molecular flexibility index (Phi) is 8.37. The topological polar surface area (TPSA) is 57.2 Å². The molecule has 0 aromatic rings. The lowest BCUT2D eigenvalue weighted by Crippen LogP contribution is -2.61. The van der Waals surface area contributed by atoms with E-state index in [1.54, 1.807) is 0 Å². The Morgan fingerprint density at radius 3 is 1.35 bits per heavy atom. The van der Waals surface area contributed by atoms with Crippen molar-refractivity contribution in [2.45, 2.75) is 78.4 Å². The molecule has 0 saturated carbocycles. The standard InChI is InChI=1S/C13H38O5Si5/c1-12-22(10,16-20(5,6)7)18-23(11,13-14)17-21(8,9)15-19(2,3)4/h14H,12-13H2,1-11H3. The molecule has 0 aromatic heterocycles. The molecule has 0 spiro atoms. The molecule has 0 radical (unpaired) electrons. The van der Waals surface area contributed by atoms with Crippen molar-refractivity contribution in [2.75, 3.05) is 6.23 Å². The van der Waals surface area contributed by atoms with Crippen molar-refractivity contribution in [1.82, 2.24) is 0 Å². The molecule has 0 aliphatic heterocycles. The molecule has 0 amide bonds. The SMILES string of the molecule is CC[Si](C)(O[Si](C)(C)C)O[Si](C)(CO)O[Si](C)(C)O[Si](C)(C)C. The Balaban J connectivity index is 5.22. The van der Waals surface area contributed by atoms with Crippen molar-refractivity contribution in [3.63, 3.8) is 0 Å². The fourth-order valence-corrected chi connectivity index (χ4v) is 24.8. The lowest BCUT2D eigenvalue weighted by Gasteiger charge is -2.43. The molecule has 0 bridgehead atoms. The van der Waals surface area contributed by atoms with Crippen LogP contribution in [0.3, 0.4) is 0 Å². The van der Waals surface area contributed by atoms with Gasteiger partial charge in [-0.15, -0.1) is 0 Å². The molecule has 0 aliphatic rings. The summed E-state index contributed by atoms with van der Waals surface area (Å²) in [4.78, 5) is 0. The minimum absolute atomic E-state index is 0.0733. The van der Waals surface area contributed by atoms with E-state index >= 15 is 0 Å². The van der Waals surface area contributed by atoms with E-state index in [1.165, 1.54) is 0 Å². The summed E-state index contributed by atoms with van der Waals surface area (Å²) in [5.41, 5.74) is 0. The zero-order valence-corrected chi connectivity index (χ0v) is 22.0. The first-order valence-electron chi connectivity index (χ1n) is 8.36. The van der Waals surface area contributed by atoms with Gasteiger partial charge in [0, 0.05) is 0 Å². The molecule has 2 unspecified atom stereocenters. The van der Waals surface area contributed by atoms with Crippen LogP contribution in [0.5, 0.6) is 0 Å². The smallest absolute Gasteiger partial charge is 0.343 e. The largest absolute Gasteiger partial charge is 0.437 e. The van der Waals surface area contributed by atoms with Gasteiger partial charge in [0.1, 0.15) is 0 Å². The molecular formula is C13H38O5Si5. The average molecular weight is 415 g/mol. The maximum atomic E-state index is 9.97. The van der Waals surface area contributed by atoms with E-state index in [0.29, 0.717) is 0 Å². The fraction of sp³-hybridized carbons (Fsp3) is 1.00. The minimum Gasteiger partial charge on any atom is -0.437 e. The number of rotatable bonds is 10. The average Bonchev–Trinajstić information content (AvgIpc) is 2.21. The molecule has 10 heteroatoms. The summed E-state index contributed by atoms with van der Waals surface area (Å²) >= 11 is 0. The Labute approximate surface area is 148 Å². The molecule has 0 fully saturated rings. The van der Waals surface area contributed by atoms with Gasteiger partial charge >= 0.3 is 25.7 Å². The van der Waals surface area contributed by atoms with E-state index in [2.05, 4.69) is 52.8 Å². The van der Waals surface area contributed by atoms with Gasteiger partial charge < -0.3 is 21.6 Å². The molecule has 0 aliphatic carbocycles. The first-order chi connectivity index (χ1) is 9.95. The predicted molar refractivity (Wildman–Crippen MR) is 109 cm³/mol. The lowest BCUT2D eigenvalue weighted by molar-refractivity contribution is 0.239. The van der Waals surface area contributed by atoms with Crippen LogP contribution in [0.25, 0.3) is 0 Å². The van der Waals surface area contributed by atoms with E-state index in [4.69, 9.17) is 16.5 Å². The van der Waals surface area contributed by atoms with E-state index in [-0.39, 0.29) is 6.23 Å². The highest BCUT2D eigenvalue weighted by atomic mass is 28.5. The van der Waals surface area contributed by atoms with Gasteiger partial charge in [0.25, 0.3) is 0 Å². The third-order valence-electron chi connectivity index (χ3n) is 2.90. The summed E-state index contributed by atoms with van der Waals surface area (Å²) in [6.07, 6.45) is -0.0733. The van der Waals surface area contributed by atoms with E-state index in [1.807, 2.05) is 19.6 Å². The molecular weight excluding hydrogens is 377 g/mol. The summed E-state index contributed by atoms with van der Waals surface area (Å²) in [5.74, 6) is 0. The molecule has 0 rings (SSSR count). The number of aliphatic hydroxyl groups excluding tert-OH is 1. The van der Waals surface area contributed by atoms with Crippen LogP contribution in [0.1, 0.15) is 6.92 Å². The fourth-order valence-electron chi connectivity index (χ4n) is 2.63. The molecule has 1 N–H and O–H groups in total. The molecule has 0 heterocycles. The first kappa shape index (κ1) is 23.9. The van der Waals surface area contributed by atoms with Crippen LogP contribution < -0.4 is 0 Å². The zero-order chi connectivity index (χ0) is 18.7. The third-order valence-corrected chi connectivity index (χ3v) is 20.5.